The van der Waals surface area contributed by atoms with E-state index in [4.69, 9.17) is 16.3 Å². The van der Waals surface area contributed by atoms with Crippen molar-refractivity contribution in [3.05, 3.63) is 94.5 Å². The van der Waals surface area contributed by atoms with E-state index in [2.05, 4.69) is 17.4 Å². The standard InChI is InChI=1S/C22H20ClNO3/c23-18-10-11-20(25)19(14-18)22(26)24-15-17-8-4-5-9-21(17)27-13-12-16-6-2-1-3-7-16/h1-11,14,25H,12-13,15H2,(H,24,26). The number of hydrogen-bond acceptors (Lipinski definition) is 3. The SMILES string of the molecule is O=C(NCc1ccccc1OCCc1ccccc1)c1cc(Cl)ccc1O. The minimum absolute atomic E-state index is 0.107. The number of phenolic OH excluding ortho intramolecular Hbond substituents is 1. The smallest absolute Gasteiger partial charge is 0.255 e. The first-order valence-corrected chi connectivity index (χ1v) is 9.02. The van der Waals surface area contributed by atoms with Crippen molar-refractivity contribution in [2.45, 2.75) is 13.0 Å². The second-order valence-corrected chi connectivity index (χ2v) is 6.47. The van der Waals surface area contributed by atoms with Crippen LogP contribution in [-0.4, -0.2) is 17.6 Å². The molecule has 0 fully saturated rings. The lowest BCUT2D eigenvalue weighted by Gasteiger charge is -2.13. The van der Waals surface area contributed by atoms with E-state index in [1.54, 1.807) is 0 Å². The van der Waals surface area contributed by atoms with Crippen LogP contribution in [0.15, 0.2) is 72.8 Å². The summed E-state index contributed by atoms with van der Waals surface area (Å²) in [7, 11) is 0. The molecule has 4 nitrogen and oxygen atoms in total. The van der Waals surface area contributed by atoms with Crippen LogP contribution < -0.4 is 10.1 Å². The number of ether oxygens (including phenoxy) is 1. The number of benzene rings is 3. The molecule has 0 bridgehead atoms. The molecule has 0 atom stereocenters. The largest absolute Gasteiger partial charge is 0.507 e. The highest BCUT2D eigenvalue weighted by molar-refractivity contribution is 6.31. The third-order valence-corrected chi connectivity index (χ3v) is 4.34. The Kier molecular flexibility index (Phi) is 6.34. The van der Waals surface area contributed by atoms with Gasteiger partial charge in [-0.15, -0.1) is 0 Å². The van der Waals surface area contributed by atoms with Crippen LogP contribution in [0.4, 0.5) is 0 Å². The van der Waals surface area contributed by atoms with Gasteiger partial charge in [-0.1, -0.05) is 60.1 Å². The highest BCUT2D eigenvalue weighted by Crippen LogP contribution is 2.22. The molecule has 138 valence electrons. The second kappa shape index (κ2) is 9.10. The van der Waals surface area contributed by atoms with E-state index in [1.165, 1.54) is 23.8 Å². The number of para-hydroxylation sites is 1. The van der Waals surface area contributed by atoms with Crippen LogP contribution in [0.25, 0.3) is 0 Å². The summed E-state index contributed by atoms with van der Waals surface area (Å²) in [5, 5.41) is 13.0. The molecule has 0 saturated heterocycles. The predicted molar refractivity (Wildman–Crippen MR) is 106 cm³/mol. The van der Waals surface area contributed by atoms with Gasteiger partial charge in [-0.3, -0.25) is 4.79 Å². The van der Waals surface area contributed by atoms with E-state index in [-0.39, 0.29) is 17.9 Å². The van der Waals surface area contributed by atoms with Crippen molar-refractivity contribution in [2.75, 3.05) is 6.61 Å². The summed E-state index contributed by atoms with van der Waals surface area (Å²) in [4.78, 5) is 12.3. The van der Waals surface area contributed by atoms with Gasteiger partial charge in [-0.2, -0.15) is 0 Å². The Morgan fingerprint density at radius 1 is 1.00 bits per heavy atom. The number of hydrogen-bond donors (Lipinski definition) is 2. The Labute approximate surface area is 163 Å². The third kappa shape index (κ3) is 5.25. The molecule has 3 aromatic rings. The van der Waals surface area contributed by atoms with Crippen molar-refractivity contribution in [3.8, 4) is 11.5 Å². The maximum Gasteiger partial charge on any atom is 0.255 e. The summed E-state index contributed by atoms with van der Waals surface area (Å²) in [6.07, 6.45) is 0.803. The summed E-state index contributed by atoms with van der Waals surface area (Å²) in [6, 6.07) is 22.1. The van der Waals surface area contributed by atoms with Crippen molar-refractivity contribution in [1.82, 2.24) is 5.32 Å². The van der Waals surface area contributed by atoms with Crippen LogP contribution in [0.3, 0.4) is 0 Å². The number of carbonyl (C=O) groups excluding carboxylic acids is 1. The van der Waals surface area contributed by atoms with Gasteiger partial charge in [-0.25, -0.2) is 0 Å². The Morgan fingerprint density at radius 2 is 1.74 bits per heavy atom. The average molecular weight is 382 g/mol. The zero-order chi connectivity index (χ0) is 19.1. The zero-order valence-corrected chi connectivity index (χ0v) is 15.4. The predicted octanol–water partition coefficient (Wildman–Crippen LogP) is 4.60. The highest BCUT2D eigenvalue weighted by Gasteiger charge is 2.12. The molecule has 0 spiro atoms. The van der Waals surface area contributed by atoms with Crippen LogP contribution in [-0.2, 0) is 13.0 Å². The third-order valence-electron chi connectivity index (χ3n) is 4.11. The van der Waals surface area contributed by atoms with Gasteiger partial charge in [0.25, 0.3) is 5.91 Å². The molecule has 2 N–H and O–H groups in total. The van der Waals surface area contributed by atoms with Crippen molar-refractivity contribution in [3.63, 3.8) is 0 Å². The normalized spacial score (nSPS) is 10.4. The maximum absolute atomic E-state index is 12.3. The molecular formula is C22H20ClNO3. The second-order valence-electron chi connectivity index (χ2n) is 6.04. The first-order valence-electron chi connectivity index (χ1n) is 8.65. The minimum atomic E-state index is -0.394. The molecule has 0 aliphatic heterocycles. The van der Waals surface area contributed by atoms with Crippen molar-refractivity contribution >= 4 is 17.5 Å². The van der Waals surface area contributed by atoms with Gasteiger partial charge in [0.2, 0.25) is 0 Å². The Balaban J connectivity index is 1.60. The lowest BCUT2D eigenvalue weighted by Crippen LogP contribution is -2.23. The van der Waals surface area contributed by atoms with Crippen LogP contribution in [0.1, 0.15) is 21.5 Å². The Hall–Kier alpha value is -2.98. The maximum atomic E-state index is 12.3. The van der Waals surface area contributed by atoms with Gasteiger partial charge in [0.15, 0.2) is 0 Å². The van der Waals surface area contributed by atoms with E-state index in [1.807, 2.05) is 42.5 Å². The average Bonchev–Trinajstić information content (AvgIpc) is 2.69. The van der Waals surface area contributed by atoms with Gasteiger partial charge in [0.05, 0.1) is 12.2 Å². The molecule has 0 radical (unpaired) electrons. The van der Waals surface area contributed by atoms with E-state index in [0.29, 0.717) is 11.6 Å². The fourth-order valence-electron chi connectivity index (χ4n) is 2.68. The number of aromatic hydroxyl groups is 1. The van der Waals surface area contributed by atoms with Crippen LogP contribution >= 0.6 is 11.6 Å². The molecule has 3 rings (SSSR count). The molecular weight excluding hydrogens is 362 g/mol. The summed E-state index contributed by atoms with van der Waals surface area (Å²) < 4.78 is 5.90. The fourth-order valence-corrected chi connectivity index (χ4v) is 2.85. The van der Waals surface area contributed by atoms with E-state index >= 15 is 0 Å². The first kappa shape index (κ1) is 18.8. The quantitative estimate of drug-likeness (QED) is 0.629. The minimum Gasteiger partial charge on any atom is -0.507 e. The summed E-state index contributed by atoms with van der Waals surface area (Å²) >= 11 is 5.90. The molecule has 0 aromatic heterocycles. The van der Waals surface area contributed by atoms with Crippen LogP contribution in [0, 0.1) is 0 Å². The molecule has 0 aliphatic carbocycles. The molecule has 0 saturated carbocycles. The molecule has 0 unspecified atom stereocenters. The van der Waals surface area contributed by atoms with Crippen LogP contribution in [0.5, 0.6) is 11.5 Å². The molecule has 1 amide bonds. The topological polar surface area (TPSA) is 58.6 Å². The first-order chi connectivity index (χ1) is 13.1. The van der Waals surface area contributed by atoms with E-state index in [0.717, 1.165) is 17.7 Å². The van der Waals surface area contributed by atoms with Crippen LogP contribution in [0.2, 0.25) is 5.02 Å². The number of rotatable bonds is 7. The molecule has 0 heterocycles. The van der Waals surface area contributed by atoms with Gasteiger partial charge < -0.3 is 15.2 Å². The Morgan fingerprint density at radius 3 is 2.56 bits per heavy atom. The van der Waals surface area contributed by atoms with E-state index in [9.17, 15) is 9.90 Å². The van der Waals surface area contributed by atoms with E-state index < -0.39 is 5.91 Å². The van der Waals surface area contributed by atoms with Gasteiger partial charge >= 0.3 is 0 Å². The van der Waals surface area contributed by atoms with Crippen molar-refractivity contribution in [2.24, 2.45) is 0 Å². The number of halogens is 1. The lowest BCUT2D eigenvalue weighted by atomic mass is 10.1. The van der Waals surface area contributed by atoms with Gasteiger partial charge in [0.1, 0.15) is 11.5 Å². The molecule has 0 aliphatic rings. The summed E-state index contributed by atoms with van der Waals surface area (Å²) in [5.74, 6) is 0.224. The summed E-state index contributed by atoms with van der Waals surface area (Å²) in [5.41, 5.74) is 2.21. The number of phenols is 1. The summed E-state index contributed by atoms with van der Waals surface area (Å²) in [6.45, 7) is 0.830. The van der Waals surface area contributed by atoms with Gasteiger partial charge in [0, 0.05) is 23.6 Å². The number of nitrogens with one attached hydrogen (secondary N) is 1. The Bertz CT molecular complexity index is 912. The lowest BCUT2D eigenvalue weighted by molar-refractivity contribution is 0.0948. The highest BCUT2D eigenvalue weighted by atomic mass is 35.5. The molecule has 3 aromatic carbocycles. The molecule has 27 heavy (non-hydrogen) atoms. The van der Waals surface area contributed by atoms with Crippen molar-refractivity contribution < 1.29 is 14.6 Å². The van der Waals surface area contributed by atoms with Crippen molar-refractivity contribution in [1.29, 1.82) is 0 Å². The fraction of sp³-hybridized carbons (Fsp3) is 0.136. The number of carbonyl (C=O) groups is 1. The zero-order valence-electron chi connectivity index (χ0n) is 14.7. The molecule has 5 heteroatoms. The van der Waals surface area contributed by atoms with Gasteiger partial charge in [-0.05, 0) is 29.8 Å². The monoisotopic (exact) mass is 381 g/mol. The number of amides is 1.